The van der Waals surface area contributed by atoms with Crippen LogP contribution in [0.3, 0.4) is 0 Å². The topological polar surface area (TPSA) is 12.5 Å². The third kappa shape index (κ3) is 1.27. The minimum absolute atomic E-state index is 0.487. The predicted molar refractivity (Wildman–Crippen MR) is 49.2 cm³/mol. The van der Waals surface area contributed by atoms with Crippen molar-refractivity contribution in [3.63, 3.8) is 0 Å². The van der Waals surface area contributed by atoms with Crippen molar-refractivity contribution in [1.82, 2.24) is 4.90 Å². The zero-order valence-corrected chi connectivity index (χ0v) is 8.34. The van der Waals surface area contributed by atoms with Crippen molar-refractivity contribution in [3.05, 3.63) is 0 Å². The van der Waals surface area contributed by atoms with Crippen molar-refractivity contribution in [2.75, 3.05) is 19.8 Å². The molecule has 12 heavy (non-hydrogen) atoms. The Morgan fingerprint density at radius 2 is 2.25 bits per heavy atom. The van der Waals surface area contributed by atoms with Gasteiger partial charge >= 0.3 is 0 Å². The van der Waals surface area contributed by atoms with E-state index in [1.165, 1.54) is 6.42 Å². The van der Waals surface area contributed by atoms with Gasteiger partial charge in [0, 0.05) is 24.0 Å². The van der Waals surface area contributed by atoms with E-state index in [1.807, 2.05) is 0 Å². The van der Waals surface area contributed by atoms with Gasteiger partial charge in [-0.3, -0.25) is 4.90 Å². The third-order valence-corrected chi connectivity index (χ3v) is 3.29. The molecule has 2 fully saturated rings. The van der Waals surface area contributed by atoms with Crippen LogP contribution in [0.1, 0.15) is 27.2 Å². The molecule has 70 valence electrons. The van der Waals surface area contributed by atoms with E-state index in [2.05, 4.69) is 25.7 Å². The molecule has 0 aromatic carbocycles. The van der Waals surface area contributed by atoms with Crippen LogP contribution in [0, 0.1) is 5.41 Å². The molecule has 2 atom stereocenters. The summed E-state index contributed by atoms with van der Waals surface area (Å²) >= 11 is 0. The SMILES string of the molecule is CC(C)N1CCOCC2(C)CC12. The summed E-state index contributed by atoms with van der Waals surface area (Å²) in [7, 11) is 0. The normalized spacial score (nSPS) is 42.5. The molecule has 1 aliphatic heterocycles. The lowest BCUT2D eigenvalue weighted by molar-refractivity contribution is 0.103. The molecule has 1 heterocycles. The molecular formula is C10H19NO. The van der Waals surface area contributed by atoms with Gasteiger partial charge in [0.05, 0.1) is 13.2 Å². The van der Waals surface area contributed by atoms with E-state index >= 15 is 0 Å². The second-order valence-corrected chi connectivity index (χ2v) is 4.76. The predicted octanol–water partition coefficient (Wildman–Crippen LogP) is 1.51. The Morgan fingerprint density at radius 3 is 2.92 bits per heavy atom. The molecular weight excluding hydrogens is 150 g/mol. The van der Waals surface area contributed by atoms with Crippen LogP contribution < -0.4 is 0 Å². The molecule has 2 unspecified atom stereocenters. The maximum atomic E-state index is 5.59. The van der Waals surface area contributed by atoms with Gasteiger partial charge in [-0.15, -0.1) is 0 Å². The molecule has 0 N–H and O–H groups in total. The summed E-state index contributed by atoms with van der Waals surface area (Å²) in [6, 6.07) is 1.48. The lowest BCUT2D eigenvalue weighted by atomic mass is 10.1. The van der Waals surface area contributed by atoms with E-state index in [-0.39, 0.29) is 0 Å². The van der Waals surface area contributed by atoms with Gasteiger partial charge in [-0.05, 0) is 20.3 Å². The lowest BCUT2D eigenvalue weighted by Crippen LogP contribution is -2.36. The minimum Gasteiger partial charge on any atom is -0.379 e. The van der Waals surface area contributed by atoms with Crippen LogP contribution in [-0.4, -0.2) is 36.7 Å². The summed E-state index contributed by atoms with van der Waals surface area (Å²) < 4.78 is 5.59. The summed E-state index contributed by atoms with van der Waals surface area (Å²) in [4.78, 5) is 2.59. The second kappa shape index (κ2) is 2.71. The van der Waals surface area contributed by atoms with E-state index in [1.54, 1.807) is 0 Å². The van der Waals surface area contributed by atoms with Crippen LogP contribution in [0.15, 0.2) is 0 Å². The Morgan fingerprint density at radius 1 is 1.50 bits per heavy atom. The number of rotatable bonds is 1. The van der Waals surface area contributed by atoms with E-state index in [4.69, 9.17) is 4.74 Å². The number of nitrogens with zero attached hydrogens (tertiary/aromatic N) is 1. The molecule has 0 aromatic heterocycles. The highest BCUT2D eigenvalue weighted by atomic mass is 16.5. The van der Waals surface area contributed by atoms with Crippen molar-refractivity contribution in [1.29, 1.82) is 0 Å². The van der Waals surface area contributed by atoms with Gasteiger partial charge in [0.1, 0.15) is 0 Å². The van der Waals surface area contributed by atoms with Crippen LogP contribution in [0.4, 0.5) is 0 Å². The molecule has 2 rings (SSSR count). The molecule has 1 saturated carbocycles. The maximum Gasteiger partial charge on any atom is 0.0593 e. The van der Waals surface area contributed by atoms with Crippen LogP contribution >= 0.6 is 0 Å². The zero-order chi connectivity index (χ0) is 8.77. The van der Waals surface area contributed by atoms with Gasteiger partial charge in [0.2, 0.25) is 0 Å². The summed E-state index contributed by atoms with van der Waals surface area (Å²) in [5.74, 6) is 0. The Kier molecular flexibility index (Phi) is 1.92. The fourth-order valence-corrected chi connectivity index (χ4v) is 2.30. The highest BCUT2D eigenvalue weighted by Crippen LogP contribution is 2.50. The van der Waals surface area contributed by atoms with Crippen LogP contribution in [0.2, 0.25) is 0 Å². The first-order valence-electron chi connectivity index (χ1n) is 4.97. The fourth-order valence-electron chi connectivity index (χ4n) is 2.30. The first kappa shape index (κ1) is 8.52. The third-order valence-electron chi connectivity index (χ3n) is 3.29. The number of hydrogen-bond donors (Lipinski definition) is 0. The van der Waals surface area contributed by atoms with E-state index in [0.29, 0.717) is 11.5 Å². The number of fused-ring (bicyclic) bond motifs is 1. The molecule has 2 nitrogen and oxygen atoms in total. The van der Waals surface area contributed by atoms with Crippen molar-refractivity contribution >= 4 is 0 Å². The summed E-state index contributed by atoms with van der Waals surface area (Å²) in [5, 5.41) is 0. The average Bonchev–Trinajstić information content (AvgIpc) is 2.60. The lowest BCUT2D eigenvalue weighted by Gasteiger charge is -2.25. The highest BCUT2D eigenvalue weighted by Gasteiger charge is 2.54. The Balaban J connectivity index is 2.05. The molecule has 2 heteroatoms. The van der Waals surface area contributed by atoms with Crippen LogP contribution in [0.25, 0.3) is 0 Å². The van der Waals surface area contributed by atoms with E-state index in [9.17, 15) is 0 Å². The van der Waals surface area contributed by atoms with E-state index in [0.717, 1.165) is 25.8 Å². The van der Waals surface area contributed by atoms with Crippen molar-refractivity contribution in [2.45, 2.75) is 39.3 Å². The quantitative estimate of drug-likeness (QED) is 0.590. The molecule has 0 amide bonds. The average molecular weight is 169 g/mol. The fraction of sp³-hybridized carbons (Fsp3) is 1.00. The summed E-state index contributed by atoms with van der Waals surface area (Å²) in [5.41, 5.74) is 0.487. The van der Waals surface area contributed by atoms with Gasteiger partial charge in [-0.2, -0.15) is 0 Å². The monoisotopic (exact) mass is 169 g/mol. The van der Waals surface area contributed by atoms with Crippen LogP contribution in [0.5, 0.6) is 0 Å². The Labute approximate surface area is 74.9 Å². The molecule has 0 radical (unpaired) electrons. The number of ether oxygens (including phenoxy) is 1. The smallest absolute Gasteiger partial charge is 0.0593 e. The van der Waals surface area contributed by atoms with Gasteiger partial charge in [-0.25, -0.2) is 0 Å². The summed E-state index contributed by atoms with van der Waals surface area (Å²) in [6.45, 7) is 9.93. The zero-order valence-electron chi connectivity index (χ0n) is 8.34. The van der Waals surface area contributed by atoms with E-state index < -0.39 is 0 Å². The largest absolute Gasteiger partial charge is 0.379 e. The van der Waals surface area contributed by atoms with Crippen molar-refractivity contribution < 1.29 is 4.74 Å². The Hall–Kier alpha value is -0.0800. The van der Waals surface area contributed by atoms with Gasteiger partial charge < -0.3 is 4.74 Å². The number of hydrogen-bond acceptors (Lipinski definition) is 2. The first-order valence-corrected chi connectivity index (χ1v) is 4.97. The molecule has 2 aliphatic rings. The standard InChI is InChI=1S/C10H19NO/c1-8(2)11-4-5-12-7-10(3)6-9(10)11/h8-9H,4-7H2,1-3H3. The van der Waals surface area contributed by atoms with Crippen molar-refractivity contribution in [2.24, 2.45) is 5.41 Å². The highest BCUT2D eigenvalue weighted by molar-refractivity contribution is 5.07. The van der Waals surface area contributed by atoms with Gasteiger partial charge in [-0.1, -0.05) is 6.92 Å². The van der Waals surface area contributed by atoms with Crippen molar-refractivity contribution in [3.8, 4) is 0 Å². The summed E-state index contributed by atoms with van der Waals surface area (Å²) in [6.07, 6.45) is 1.34. The maximum absolute atomic E-state index is 5.59. The minimum atomic E-state index is 0.487. The van der Waals surface area contributed by atoms with Gasteiger partial charge in [0.15, 0.2) is 0 Å². The van der Waals surface area contributed by atoms with Crippen LogP contribution in [-0.2, 0) is 4.74 Å². The second-order valence-electron chi connectivity index (χ2n) is 4.76. The molecule has 0 spiro atoms. The molecule has 0 aromatic rings. The Bertz CT molecular complexity index is 181. The first-order chi connectivity index (χ1) is 5.63. The van der Waals surface area contributed by atoms with Gasteiger partial charge in [0.25, 0.3) is 0 Å². The molecule has 0 bridgehead atoms. The molecule has 1 saturated heterocycles. The molecule has 1 aliphatic carbocycles.